The number of rotatable bonds is 6. The third kappa shape index (κ3) is 5.14. The van der Waals surface area contributed by atoms with Crippen LogP contribution in [0.25, 0.3) is 10.8 Å². The minimum absolute atomic E-state index is 0.118. The normalized spacial score (nSPS) is 12.3. The molecule has 2 heterocycles. The number of anilines is 1. The Hall–Kier alpha value is -4.25. The predicted octanol–water partition coefficient (Wildman–Crippen LogP) is 5.78. The molecule has 0 aliphatic carbocycles. The van der Waals surface area contributed by atoms with Gasteiger partial charge in [-0.2, -0.15) is 19.1 Å². The molecule has 1 atom stereocenters. The minimum atomic E-state index is -4.56. The monoisotopic (exact) mass is 486 g/mol. The molecule has 0 aliphatic rings. The number of alkyl halides is 3. The SMILES string of the molecule is CC(Nc1nccc2c(F)cnc(Oc3cccc(C(F)(F)F)c3)c12)c1ccc(C(=O)ON)cc1. The maximum atomic E-state index is 14.5. The molecule has 0 radical (unpaired) electrons. The molecule has 0 bridgehead atoms. The molecule has 35 heavy (non-hydrogen) atoms. The van der Waals surface area contributed by atoms with E-state index in [1.54, 1.807) is 19.1 Å². The van der Waals surface area contributed by atoms with E-state index in [9.17, 15) is 22.4 Å². The molecule has 0 spiro atoms. The van der Waals surface area contributed by atoms with Gasteiger partial charge in [0.25, 0.3) is 0 Å². The number of benzene rings is 2. The number of carbonyl (C=O) groups is 1. The molecule has 0 amide bonds. The Balaban J connectivity index is 1.69. The number of hydrogen-bond acceptors (Lipinski definition) is 7. The van der Waals surface area contributed by atoms with E-state index >= 15 is 0 Å². The molecular weight excluding hydrogens is 468 g/mol. The second-order valence-electron chi connectivity index (χ2n) is 7.51. The summed E-state index contributed by atoms with van der Waals surface area (Å²) in [5.41, 5.74) is 0.116. The summed E-state index contributed by atoms with van der Waals surface area (Å²) in [6, 6.07) is 11.7. The van der Waals surface area contributed by atoms with Gasteiger partial charge in [0, 0.05) is 17.6 Å². The number of fused-ring (bicyclic) bond motifs is 1. The molecule has 0 aliphatic heterocycles. The van der Waals surface area contributed by atoms with Crippen molar-refractivity contribution < 1.29 is 31.9 Å². The fourth-order valence-corrected chi connectivity index (χ4v) is 3.43. The molecule has 4 rings (SSSR count). The van der Waals surface area contributed by atoms with Crippen LogP contribution in [0.2, 0.25) is 0 Å². The van der Waals surface area contributed by atoms with Gasteiger partial charge in [-0.15, -0.1) is 0 Å². The van der Waals surface area contributed by atoms with E-state index < -0.39 is 23.5 Å². The number of nitrogens with two attached hydrogens (primary N) is 1. The molecule has 1 unspecified atom stereocenters. The Bertz CT molecular complexity index is 1380. The van der Waals surface area contributed by atoms with Gasteiger partial charge in [-0.1, -0.05) is 18.2 Å². The quantitative estimate of drug-likeness (QED) is 0.263. The van der Waals surface area contributed by atoms with Crippen LogP contribution in [0.5, 0.6) is 11.6 Å². The molecule has 4 aromatic rings. The average Bonchev–Trinajstić information content (AvgIpc) is 2.85. The number of hydrogen-bond donors (Lipinski definition) is 2. The van der Waals surface area contributed by atoms with E-state index in [2.05, 4.69) is 20.1 Å². The van der Waals surface area contributed by atoms with Crippen molar-refractivity contribution in [2.45, 2.75) is 19.1 Å². The van der Waals surface area contributed by atoms with Crippen LogP contribution in [0.3, 0.4) is 0 Å². The Labute approximate surface area is 196 Å². The summed E-state index contributed by atoms with van der Waals surface area (Å²) in [5.74, 6) is 3.51. The summed E-state index contributed by atoms with van der Waals surface area (Å²) in [4.78, 5) is 23.9. The largest absolute Gasteiger partial charge is 0.438 e. The van der Waals surface area contributed by atoms with E-state index in [-0.39, 0.29) is 39.8 Å². The molecule has 2 aromatic heterocycles. The van der Waals surface area contributed by atoms with Gasteiger partial charge in [0.15, 0.2) is 0 Å². The zero-order chi connectivity index (χ0) is 25.2. The topological polar surface area (TPSA) is 99.4 Å². The molecule has 11 heteroatoms. The van der Waals surface area contributed by atoms with Gasteiger partial charge in [0.05, 0.1) is 22.7 Å². The van der Waals surface area contributed by atoms with Crippen molar-refractivity contribution >= 4 is 22.6 Å². The van der Waals surface area contributed by atoms with E-state index in [4.69, 9.17) is 10.6 Å². The number of aromatic nitrogens is 2. The number of carbonyl (C=O) groups excluding carboxylic acids is 1. The highest BCUT2D eigenvalue weighted by atomic mass is 19.4. The lowest BCUT2D eigenvalue weighted by Crippen LogP contribution is -2.11. The fraction of sp³-hybridized carbons (Fsp3) is 0.125. The van der Waals surface area contributed by atoms with Crippen molar-refractivity contribution in [1.82, 2.24) is 9.97 Å². The van der Waals surface area contributed by atoms with Crippen LogP contribution in [0.1, 0.15) is 34.5 Å². The smallest absolute Gasteiger partial charge is 0.416 e. The molecule has 3 N–H and O–H groups in total. The van der Waals surface area contributed by atoms with Gasteiger partial charge < -0.3 is 14.9 Å². The first-order valence-corrected chi connectivity index (χ1v) is 10.2. The second-order valence-corrected chi connectivity index (χ2v) is 7.51. The maximum Gasteiger partial charge on any atom is 0.416 e. The first kappa shape index (κ1) is 23.9. The highest BCUT2D eigenvalue weighted by molar-refractivity contribution is 5.96. The first-order chi connectivity index (χ1) is 16.7. The van der Waals surface area contributed by atoms with Gasteiger partial charge in [-0.25, -0.2) is 19.2 Å². The summed E-state index contributed by atoms with van der Waals surface area (Å²) < 4.78 is 59.5. The highest BCUT2D eigenvalue weighted by Crippen LogP contribution is 2.37. The summed E-state index contributed by atoms with van der Waals surface area (Å²) in [5, 5.41) is 3.41. The van der Waals surface area contributed by atoms with E-state index in [1.165, 1.54) is 36.5 Å². The number of ether oxygens (including phenoxy) is 1. The van der Waals surface area contributed by atoms with Gasteiger partial charge in [-0.3, -0.25) is 0 Å². The van der Waals surface area contributed by atoms with Crippen LogP contribution in [-0.4, -0.2) is 15.9 Å². The average molecular weight is 486 g/mol. The van der Waals surface area contributed by atoms with Crippen LogP contribution < -0.4 is 16.0 Å². The first-order valence-electron chi connectivity index (χ1n) is 10.2. The van der Waals surface area contributed by atoms with Crippen molar-refractivity contribution in [3.63, 3.8) is 0 Å². The molecular formula is C24H18F4N4O3. The molecule has 0 saturated heterocycles. The maximum absolute atomic E-state index is 14.5. The number of halogens is 4. The number of pyridine rings is 2. The Morgan fingerprint density at radius 1 is 1.09 bits per heavy atom. The van der Waals surface area contributed by atoms with Crippen molar-refractivity contribution in [1.29, 1.82) is 0 Å². The van der Waals surface area contributed by atoms with E-state index in [0.717, 1.165) is 23.9 Å². The number of nitrogens with one attached hydrogen (secondary N) is 1. The van der Waals surface area contributed by atoms with Crippen molar-refractivity contribution in [3.05, 3.63) is 89.5 Å². The zero-order valence-electron chi connectivity index (χ0n) is 18.1. The Morgan fingerprint density at radius 3 is 2.51 bits per heavy atom. The van der Waals surface area contributed by atoms with Crippen molar-refractivity contribution in [2.75, 3.05) is 5.32 Å². The molecule has 2 aromatic carbocycles. The van der Waals surface area contributed by atoms with Gasteiger partial charge in [0.1, 0.15) is 17.4 Å². The van der Waals surface area contributed by atoms with Gasteiger partial charge in [-0.05, 0) is 48.9 Å². The summed E-state index contributed by atoms with van der Waals surface area (Å²) in [7, 11) is 0. The van der Waals surface area contributed by atoms with E-state index in [1.807, 2.05) is 0 Å². The van der Waals surface area contributed by atoms with Gasteiger partial charge >= 0.3 is 12.1 Å². The molecule has 0 fully saturated rings. The zero-order valence-corrected chi connectivity index (χ0v) is 18.1. The lowest BCUT2D eigenvalue weighted by atomic mass is 10.1. The predicted molar refractivity (Wildman–Crippen MR) is 119 cm³/mol. The van der Waals surface area contributed by atoms with Crippen LogP contribution in [0, 0.1) is 5.82 Å². The second kappa shape index (κ2) is 9.55. The molecule has 0 saturated carbocycles. The summed E-state index contributed by atoms with van der Waals surface area (Å²) in [6.07, 6.45) is -2.25. The van der Waals surface area contributed by atoms with Crippen LogP contribution in [-0.2, 0) is 11.0 Å². The van der Waals surface area contributed by atoms with Crippen molar-refractivity contribution in [2.24, 2.45) is 5.90 Å². The summed E-state index contributed by atoms with van der Waals surface area (Å²) >= 11 is 0. The number of nitrogens with zero attached hydrogens (tertiary/aromatic N) is 2. The van der Waals surface area contributed by atoms with Crippen LogP contribution >= 0.6 is 0 Å². The highest BCUT2D eigenvalue weighted by Gasteiger charge is 2.30. The summed E-state index contributed by atoms with van der Waals surface area (Å²) in [6.45, 7) is 1.80. The van der Waals surface area contributed by atoms with Crippen LogP contribution in [0.15, 0.2) is 67.0 Å². The molecule has 180 valence electrons. The minimum Gasteiger partial charge on any atom is -0.438 e. The molecule has 7 nitrogen and oxygen atoms in total. The Morgan fingerprint density at radius 2 is 1.83 bits per heavy atom. The Kier molecular flexibility index (Phi) is 6.52. The van der Waals surface area contributed by atoms with E-state index in [0.29, 0.717) is 0 Å². The lowest BCUT2D eigenvalue weighted by Gasteiger charge is -2.18. The van der Waals surface area contributed by atoms with Gasteiger partial charge in [0.2, 0.25) is 5.88 Å². The van der Waals surface area contributed by atoms with Crippen molar-refractivity contribution in [3.8, 4) is 11.6 Å². The third-order valence-electron chi connectivity index (χ3n) is 5.20. The third-order valence-corrected chi connectivity index (χ3v) is 5.20. The fourth-order valence-electron chi connectivity index (χ4n) is 3.43. The standard InChI is InChI=1S/C24H18F4N4O3/c1-13(14-5-7-15(8-6-14)23(33)35-29)32-21-20-18(9-10-30-21)19(25)12-31-22(20)34-17-4-2-3-16(11-17)24(26,27)28/h2-13H,29H2,1H3,(H,30,32). The van der Waals surface area contributed by atoms with Crippen LogP contribution in [0.4, 0.5) is 23.4 Å². The lowest BCUT2D eigenvalue weighted by molar-refractivity contribution is -0.137.